The monoisotopic (exact) mass is 355 g/mol. The summed E-state index contributed by atoms with van der Waals surface area (Å²) < 4.78 is 48.4. The van der Waals surface area contributed by atoms with E-state index in [0.717, 1.165) is 24.3 Å². The van der Waals surface area contributed by atoms with Crippen molar-refractivity contribution in [3.8, 4) is 11.5 Å². The first kappa shape index (κ1) is 17.5. The summed E-state index contributed by atoms with van der Waals surface area (Å²) >= 11 is 0. The molecule has 1 amide bonds. The predicted molar refractivity (Wildman–Crippen MR) is 83.6 cm³/mol. The number of halogens is 1. The largest absolute Gasteiger partial charge is 0.493 e. The summed E-state index contributed by atoms with van der Waals surface area (Å²) in [5.74, 6) is -0.164. The highest BCUT2D eigenvalue weighted by Gasteiger charge is 2.31. The molecule has 0 bridgehead atoms. The minimum Gasteiger partial charge on any atom is -0.493 e. The van der Waals surface area contributed by atoms with Crippen molar-refractivity contribution in [2.45, 2.75) is 4.90 Å². The van der Waals surface area contributed by atoms with Crippen molar-refractivity contribution in [2.75, 3.05) is 18.5 Å². The highest BCUT2D eigenvalue weighted by molar-refractivity contribution is 7.93. The highest BCUT2D eigenvalue weighted by Crippen LogP contribution is 2.33. The number of ether oxygens (including phenoxy) is 2. The second-order valence-corrected chi connectivity index (χ2v) is 6.33. The van der Waals surface area contributed by atoms with Crippen molar-refractivity contribution >= 4 is 21.8 Å². The van der Waals surface area contributed by atoms with Crippen molar-refractivity contribution < 1.29 is 32.2 Å². The van der Waals surface area contributed by atoms with Gasteiger partial charge in [-0.15, -0.1) is 0 Å². The lowest BCUT2D eigenvalue weighted by atomic mass is 10.3. The maximum Gasteiger partial charge on any atom is 0.426 e. The quantitative estimate of drug-likeness (QED) is 0.886. The minimum atomic E-state index is -4.44. The Morgan fingerprint density at radius 3 is 2.12 bits per heavy atom. The van der Waals surface area contributed by atoms with Crippen LogP contribution < -0.4 is 13.8 Å². The third-order valence-electron chi connectivity index (χ3n) is 3.13. The number of nitrogens with zero attached hydrogens (tertiary/aromatic N) is 1. The van der Waals surface area contributed by atoms with Crippen molar-refractivity contribution in [1.82, 2.24) is 0 Å². The third-order valence-corrected chi connectivity index (χ3v) is 4.84. The van der Waals surface area contributed by atoms with Gasteiger partial charge in [-0.05, 0) is 36.4 Å². The maximum absolute atomic E-state index is 13.0. The number of sulfonamides is 1. The van der Waals surface area contributed by atoms with Gasteiger partial charge in [-0.3, -0.25) is 0 Å². The normalized spacial score (nSPS) is 11.0. The Hall–Kier alpha value is -2.81. The van der Waals surface area contributed by atoms with Crippen molar-refractivity contribution in [1.29, 1.82) is 0 Å². The van der Waals surface area contributed by atoms with E-state index in [0.29, 0.717) is 5.75 Å². The molecule has 7 nitrogen and oxygen atoms in total. The molecule has 24 heavy (non-hydrogen) atoms. The van der Waals surface area contributed by atoms with E-state index in [1.54, 1.807) is 0 Å². The van der Waals surface area contributed by atoms with Crippen LogP contribution in [0.2, 0.25) is 0 Å². The molecule has 1 N–H and O–H groups in total. The Bertz CT molecular complexity index is 851. The molecule has 0 fully saturated rings. The lowest BCUT2D eigenvalue weighted by molar-refractivity contribution is 0.206. The van der Waals surface area contributed by atoms with Gasteiger partial charge >= 0.3 is 6.09 Å². The van der Waals surface area contributed by atoms with Crippen LogP contribution in [-0.4, -0.2) is 33.8 Å². The van der Waals surface area contributed by atoms with Crippen LogP contribution in [0.1, 0.15) is 0 Å². The Morgan fingerprint density at radius 1 is 1.04 bits per heavy atom. The van der Waals surface area contributed by atoms with Gasteiger partial charge in [0.1, 0.15) is 5.82 Å². The van der Waals surface area contributed by atoms with Crippen molar-refractivity contribution in [3.05, 3.63) is 48.3 Å². The lowest BCUT2D eigenvalue weighted by Crippen LogP contribution is -2.35. The standard InChI is InChI=1S/C15H14FNO6S/c1-22-13-8-5-11(9-14(13)23-2)17(15(18)19)24(20,21)12-6-3-10(16)4-7-12/h3-9H,1-2H3,(H,18,19). The maximum atomic E-state index is 13.0. The number of rotatable bonds is 5. The van der Waals surface area contributed by atoms with E-state index in [9.17, 15) is 22.7 Å². The van der Waals surface area contributed by atoms with E-state index in [2.05, 4.69) is 0 Å². The van der Waals surface area contributed by atoms with Crippen LogP contribution in [0.5, 0.6) is 11.5 Å². The first-order chi connectivity index (χ1) is 11.3. The molecule has 0 aromatic heterocycles. The number of amides is 1. The SMILES string of the molecule is COc1ccc(N(C(=O)O)S(=O)(=O)c2ccc(F)cc2)cc1OC. The molecule has 0 aliphatic heterocycles. The smallest absolute Gasteiger partial charge is 0.426 e. The zero-order chi connectivity index (χ0) is 17.9. The van der Waals surface area contributed by atoms with Gasteiger partial charge in [-0.25, -0.2) is 17.6 Å². The van der Waals surface area contributed by atoms with E-state index in [1.807, 2.05) is 0 Å². The van der Waals surface area contributed by atoms with Crippen LogP contribution in [0.25, 0.3) is 0 Å². The van der Waals surface area contributed by atoms with Gasteiger partial charge in [-0.2, -0.15) is 4.31 Å². The molecule has 0 saturated carbocycles. The fourth-order valence-corrected chi connectivity index (χ4v) is 3.30. The van der Waals surface area contributed by atoms with Gasteiger partial charge in [0.2, 0.25) is 0 Å². The van der Waals surface area contributed by atoms with Crippen LogP contribution in [0.3, 0.4) is 0 Å². The molecule has 2 rings (SSSR count). The average molecular weight is 355 g/mol. The molecule has 0 heterocycles. The zero-order valence-corrected chi connectivity index (χ0v) is 13.6. The van der Waals surface area contributed by atoms with Gasteiger partial charge in [0.05, 0.1) is 24.8 Å². The van der Waals surface area contributed by atoms with Crippen molar-refractivity contribution in [2.24, 2.45) is 0 Å². The molecular formula is C15H14FNO6S. The number of carboxylic acid groups (broad SMARTS) is 1. The van der Waals surface area contributed by atoms with Crippen molar-refractivity contribution in [3.63, 3.8) is 0 Å². The number of hydrogen-bond acceptors (Lipinski definition) is 5. The van der Waals surface area contributed by atoms with Crippen LogP contribution >= 0.6 is 0 Å². The van der Waals surface area contributed by atoms with E-state index in [4.69, 9.17) is 9.47 Å². The van der Waals surface area contributed by atoms with Gasteiger partial charge in [-0.1, -0.05) is 0 Å². The summed E-state index contributed by atoms with van der Waals surface area (Å²) in [6.45, 7) is 0. The van der Waals surface area contributed by atoms with Gasteiger partial charge in [0.15, 0.2) is 11.5 Å². The molecule has 0 saturated heterocycles. The number of hydrogen-bond donors (Lipinski definition) is 1. The Kier molecular flexibility index (Phi) is 4.93. The molecule has 0 aliphatic rings. The molecule has 0 unspecified atom stereocenters. The van der Waals surface area contributed by atoms with Crippen LogP contribution in [0.15, 0.2) is 47.4 Å². The molecule has 2 aromatic rings. The lowest BCUT2D eigenvalue weighted by Gasteiger charge is -2.20. The van der Waals surface area contributed by atoms with Crippen LogP contribution in [0.4, 0.5) is 14.9 Å². The molecule has 0 aliphatic carbocycles. The summed E-state index contributed by atoms with van der Waals surface area (Å²) in [7, 11) is -1.72. The van der Waals surface area contributed by atoms with Gasteiger partial charge < -0.3 is 14.6 Å². The number of methoxy groups -OCH3 is 2. The first-order valence-electron chi connectivity index (χ1n) is 6.57. The van der Waals surface area contributed by atoms with E-state index >= 15 is 0 Å². The molecule has 128 valence electrons. The molecule has 0 atom stereocenters. The minimum absolute atomic E-state index is 0.163. The molecule has 9 heteroatoms. The molecule has 2 aromatic carbocycles. The topological polar surface area (TPSA) is 93.1 Å². The summed E-state index contributed by atoms with van der Waals surface area (Å²) in [6, 6.07) is 7.70. The van der Waals surface area contributed by atoms with Gasteiger partial charge in [0.25, 0.3) is 10.0 Å². The number of benzene rings is 2. The summed E-state index contributed by atoms with van der Waals surface area (Å²) in [4.78, 5) is 11.2. The Morgan fingerprint density at radius 2 is 1.62 bits per heavy atom. The summed E-state index contributed by atoms with van der Waals surface area (Å²) in [5.41, 5.74) is -0.163. The van der Waals surface area contributed by atoms with E-state index in [1.165, 1.54) is 32.4 Å². The molecule has 0 spiro atoms. The van der Waals surface area contributed by atoms with Crippen LogP contribution in [0, 0.1) is 5.82 Å². The summed E-state index contributed by atoms with van der Waals surface area (Å²) in [6.07, 6.45) is -1.72. The average Bonchev–Trinajstić information content (AvgIpc) is 2.54. The predicted octanol–water partition coefficient (Wildman–Crippen LogP) is 2.72. The number of anilines is 1. The highest BCUT2D eigenvalue weighted by atomic mass is 32.2. The Labute approximate surface area is 137 Å². The van der Waals surface area contributed by atoms with E-state index < -0.39 is 21.9 Å². The Balaban J connectivity index is 2.57. The molecular weight excluding hydrogens is 341 g/mol. The second-order valence-electron chi connectivity index (χ2n) is 4.55. The zero-order valence-electron chi connectivity index (χ0n) is 12.8. The first-order valence-corrected chi connectivity index (χ1v) is 8.01. The van der Waals surface area contributed by atoms with Gasteiger partial charge in [0, 0.05) is 6.07 Å². The van der Waals surface area contributed by atoms with Crippen LogP contribution in [-0.2, 0) is 10.0 Å². The number of carbonyl (C=O) groups is 1. The molecule has 0 radical (unpaired) electrons. The fraction of sp³-hybridized carbons (Fsp3) is 0.133. The third kappa shape index (κ3) is 3.25. The summed E-state index contributed by atoms with van der Waals surface area (Å²) in [5, 5.41) is 9.37. The second kappa shape index (κ2) is 6.75. The fourth-order valence-electron chi connectivity index (χ4n) is 2.02. The van der Waals surface area contributed by atoms with E-state index in [-0.39, 0.29) is 20.6 Å².